The molecule has 18 heavy (non-hydrogen) atoms. The fourth-order valence-electron chi connectivity index (χ4n) is 2.24. The Labute approximate surface area is 111 Å². The van der Waals surface area contributed by atoms with Crippen molar-refractivity contribution in [1.82, 2.24) is 4.90 Å². The first-order valence-corrected chi connectivity index (χ1v) is 6.98. The van der Waals surface area contributed by atoms with Crippen LogP contribution in [0.5, 0.6) is 0 Å². The van der Waals surface area contributed by atoms with Crippen LogP contribution in [0.15, 0.2) is 0 Å². The van der Waals surface area contributed by atoms with Gasteiger partial charge in [0.25, 0.3) is 0 Å². The first-order chi connectivity index (χ1) is 8.43. The number of amides is 1. The SMILES string of the molecule is CCC(C)O[C@@H]1C[C@@H](COC(C)C)N(C(C)=O)C1. The van der Waals surface area contributed by atoms with Crippen molar-refractivity contribution in [2.24, 2.45) is 0 Å². The minimum Gasteiger partial charge on any atom is -0.377 e. The van der Waals surface area contributed by atoms with Crippen molar-refractivity contribution in [3.63, 3.8) is 0 Å². The Morgan fingerprint density at radius 1 is 1.39 bits per heavy atom. The van der Waals surface area contributed by atoms with Crippen LogP contribution in [-0.4, -0.2) is 48.3 Å². The lowest BCUT2D eigenvalue weighted by Crippen LogP contribution is -2.37. The van der Waals surface area contributed by atoms with Gasteiger partial charge < -0.3 is 14.4 Å². The number of hydrogen-bond donors (Lipinski definition) is 0. The van der Waals surface area contributed by atoms with Crippen LogP contribution in [0.4, 0.5) is 0 Å². The normalized spacial score (nSPS) is 25.8. The molecule has 1 saturated heterocycles. The van der Waals surface area contributed by atoms with E-state index in [-0.39, 0.29) is 30.3 Å². The first kappa shape index (κ1) is 15.4. The van der Waals surface area contributed by atoms with Gasteiger partial charge in [0.15, 0.2) is 0 Å². The molecule has 1 rings (SSSR count). The molecule has 1 aliphatic heterocycles. The third-order valence-corrected chi connectivity index (χ3v) is 3.40. The Morgan fingerprint density at radius 2 is 2.06 bits per heavy atom. The second kappa shape index (κ2) is 7.10. The van der Waals surface area contributed by atoms with Gasteiger partial charge in [0, 0.05) is 13.5 Å². The largest absolute Gasteiger partial charge is 0.377 e. The topological polar surface area (TPSA) is 38.8 Å². The molecule has 0 radical (unpaired) electrons. The molecule has 1 unspecified atom stereocenters. The maximum Gasteiger partial charge on any atom is 0.219 e. The average Bonchev–Trinajstić information content (AvgIpc) is 2.69. The van der Waals surface area contributed by atoms with Crippen molar-refractivity contribution in [3.8, 4) is 0 Å². The summed E-state index contributed by atoms with van der Waals surface area (Å²) >= 11 is 0. The van der Waals surface area contributed by atoms with Crippen molar-refractivity contribution in [2.45, 2.75) is 71.8 Å². The Balaban J connectivity index is 2.51. The van der Waals surface area contributed by atoms with Crippen LogP contribution in [0, 0.1) is 0 Å². The fourth-order valence-corrected chi connectivity index (χ4v) is 2.24. The summed E-state index contributed by atoms with van der Waals surface area (Å²) in [4.78, 5) is 13.5. The fraction of sp³-hybridized carbons (Fsp3) is 0.929. The molecular weight excluding hydrogens is 230 g/mol. The van der Waals surface area contributed by atoms with E-state index < -0.39 is 0 Å². The van der Waals surface area contributed by atoms with E-state index in [0.717, 1.165) is 12.8 Å². The zero-order valence-electron chi connectivity index (χ0n) is 12.3. The molecule has 0 aromatic carbocycles. The second-order valence-electron chi connectivity index (χ2n) is 5.42. The van der Waals surface area contributed by atoms with Crippen LogP contribution < -0.4 is 0 Å². The molecule has 1 heterocycles. The van der Waals surface area contributed by atoms with E-state index in [9.17, 15) is 4.79 Å². The van der Waals surface area contributed by atoms with Crippen molar-refractivity contribution in [3.05, 3.63) is 0 Å². The maximum atomic E-state index is 11.6. The maximum absolute atomic E-state index is 11.6. The number of carbonyl (C=O) groups excluding carboxylic acids is 1. The Hall–Kier alpha value is -0.610. The summed E-state index contributed by atoms with van der Waals surface area (Å²) in [6, 6.07) is 0.166. The monoisotopic (exact) mass is 257 g/mol. The highest BCUT2D eigenvalue weighted by Crippen LogP contribution is 2.22. The van der Waals surface area contributed by atoms with Gasteiger partial charge in [0.2, 0.25) is 5.91 Å². The van der Waals surface area contributed by atoms with Crippen molar-refractivity contribution >= 4 is 5.91 Å². The molecule has 4 nitrogen and oxygen atoms in total. The Kier molecular flexibility index (Phi) is 6.09. The molecule has 3 atom stereocenters. The van der Waals surface area contributed by atoms with E-state index in [1.165, 1.54) is 0 Å². The summed E-state index contributed by atoms with van der Waals surface area (Å²) in [5.74, 6) is 0.114. The summed E-state index contributed by atoms with van der Waals surface area (Å²) in [5.41, 5.74) is 0. The van der Waals surface area contributed by atoms with Gasteiger partial charge in [-0.1, -0.05) is 6.92 Å². The average molecular weight is 257 g/mol. The van der Waals surface area contributed by atoms with E-state index in [1.807, 2.05) is 18.7 Å². The van der Waals surface area contributed by atoms with Crippen LogP contribution in [0.25, 0.3) is 0 Å². The van der Waals surface area contributed by atoms with Gasteiger partial charge in [-0.3, -0.25) is 4.79 Å². The molecule has 0 aromatic rings. The predicted octanol–water partition coefficient (Wildman–Crippen LogP) is 2.22. The molecule has 1 fully saturated rings. The third-order valence-electron chi connectivity index (χ3n) is 3.40. The second-order valence-corrected chi connectivity index (χ2v) is 5.42. The summed E-state index contributed by atoms with van der Waals surface area (Å²) in [6.07, 6.45) is 2.51. The lowest BCUT2D eigenvalue weighted by molar-refractivity contribution is -0.131. The molecule has 0 spiro atoms. The summed E-state index contributed by atoms with van der Waals surface area (Å²) in [5, 5.41) is 0. The van der Waals surface area contributed by atoms with Gasteiger partial charge >= 0.3 is 0 Å². The molecule has 0 aliphatic carbocycles. The minimum absolute atomic E-state index is 0.114. The third kappa shape index (κ3) is 4.58. The highest BCUT2D eigenvalue weighted by atomic mass is 16.5. The van der Waals surface area contributed by atoms with Gasteiger partial charge in [-0.2, -0.15) is 0 Å². The Morgan fingerprint density at radius 3 is 2.56 bits per heavy atom. The van der Waals surface area contributed by atoms with Crippen molar-refractivity contribution in [1.29, 1.82) is 0 Å². The number of likely N-dealkylation sites (tertiary alicyclic amines) is 1. The molecule has 0 saturated carbocycles. The van der Waals surface area contributed by atoms with Gasteiger partial charge in [-0.05, 0) is 33.6 Å². The van der Waals surface area contributed by atoms with E-state index in [0.29, 0.717) is 13.2 Å². The van der Waals surface area contributed by atoms with Crippen LogP contribution >= 0.6 is 0 Å². The quantitative estimate of drug-likeness (QED) is 0.732. The molecule has 1 amide bonds. The zero-order chi connectivity index (χ0) is 13.7. The van der Waals surface area contributed by atoms with Gasteiger partial charge in [-0.15, -0.1) is 0 Å². The summed E-state index contributed by atoms with van der Waals surface area (Å²) in [7, 11) is 0. The van der Waals surface area contributed by atoms with E-state index >= 15 is 0 Å². The molecule has 1 aliphatic rings. The van der Waals surface area contributed by atoms with E-state index in [1.54, 1.807) is 6.92 Å². The van der Waals surface area contributed by atoms with Crippen LogP contribution in [0.1, 0.15) is 47.5 Å². The van der Waals surface area contributed by atoms with E-state index in [2.05, 4.69) is 13.8 Å². The van der Waals surface area contributed by atoms with Crippen molar-refractivity contribution in [2.75, 3.05) is 13.2 Å². The number of nitrogens with zero attached hydrogens (tertiary/aromatic N) is 1. The lowest BCUT2D eigenvalue weighted by Gasteiger charge is -2.23. The van der Waals surface area contributed by atoms with Crippen LogP contribution in [0.3, 0.4) is 0 Å². The number of ether oxygens (including phenoxy) is 2. The van der Waals surface area contributed by atoms with Crippen LogP contribution in [-0.2, 0) is 14.3 Å². The molecule has 0 N–H and O–H groups in total. The van der Waals surface area contributed by atoms with Crippen LogP contribution in [0.2, 0.25) is 0 Å². The molecular formula is C14H27NO3. The van der Waals surface area contributed by atoms with Gasteiger partial charge in [0.1, 0.15) is 0 Å². The lowest BCUT2D eigenvalue weighted by atomic mass is 10.2. The molecule has 0 aromatic heterocycles. The standard InChI is InChI=1S/C14H27NO3/c1-6-11(4)18-14-7-13(9-17-10(2)3)15(8-14)12(5)16/h10-11,13-14H,6-9H2,1-5H3/t11?,13-,14+/m0/s1. The summed E-state index contributed by atoms with van der Waals surface area (Å²) in [6.45, 7) is 11.1. The Bertz CT molecular complexity index is 268. The minimum atomic E-state index is 0.114. The van der Waals surface area contributed by atoms with Crippen molar-refractivity contribution < 1.29 is 14.3 Å². The number of hydrogen-bond acceptors (Lipinski definition) is 3. The number of carbonyl (C=O) groups is 1. The smallest absolute Gasteiger partial charge is 0.219 e. The highest BCUT2D eigenvalue weighted by Gasteiger charge is 2.35. The molecule has 4 heteroatoms. The summed E-state index contributed by atoms with van der Waals surface area (Å²) < 4.78 is 11.6. The molecule has 106 valence electrons. The van der Waals surface area contributed by atoms with Gasteiger partial charge in [0.05, 0.1) is 31.0 Å². The zero-order valence-corrected chi connectivity index (χ0v) is 12.3. The number of rotatable bonds is 6. The van der Waals surface area contributed by atoms with Gasteiger partial charge in [-0.25, -0.2) is 0 Å². The predicted molar refractivity (Wildman–Crippen MR) is 71.5 cm³/mol. The first-order valence-electron chi connectivity index (χ1n) is 6.98. The highest BCUT2D eigenvalue weighted by molar-refractivity contribution is 5.74. The molecule has 0 bridgehead atoms. The van der Waals surface area contributed by atoms with E-state index in [4.69, 9.17) is 9.47 Å².